The Bertz CT molecular complexity index is 1440. The van der Waals surface area contributed by atoms with Crippen LogP contribution in [0.2, 0.25) is 5.02 Å². The number of rotatable bonds is 9. The SMILES string of the molecule is CCOc1ccc(-c2nnc(SCC(=O)Nc3ccc(N4CCN(C(=O)c5ccc(Cl)cc5)CC4)cc3)o2)cc1. The highest BCUT2D eigenvalue weighted by Gasteiger charge is 2.22. The second-order valence-corrected chi connectivity index (χ2v) is 10.4. The van der Waals surface area contributed by atoms with Gasteiger partial charge >= 0.3 is 0 Å². The summed E-state index contributed by atoms with van der Waals surface area (Å²) in [7, 11) is 0. The molecule has 0 radical (unpaired) electrons. The average molecular weight is 578 g/mol. The van der Waals surface area contributed by atoms with Gasteiger partial charge in [0.05, 0.1) is 12.4 Å². The third-order valence-electron chi connectivity index (χ3n) is 6.32. The van der Waals surface area contributed by atoms with Gasteiger partial charge in [0.2, 0.25) is 11.8 Å². The number of nitrogens with one attached hydrogen (secondary N) is 1. The number of carbonyl (C=O) groups is 2. The molecular formula is C29H28ClN5O4S. The number of benzene rings is 3. The van der Waals surface area contributed by atoms with Gasteiger partial charge in [-0.25, -0.2) is 0 Å². The van der Waals surface area contributed by atoms with E-state index in [1.807, 2.05) is 60.4 Å². The summed E-state index contributed by atoms with van der Waals surface area (Å²) in [4.78, 5) is 29.3. The molecular weight excluding hydrogens is 550 g/mol. The minimum Gasteiger partial charge on any atom is -0.494 e. The third kappa shape index (κ3) is 6.94. The van der Waals surface area contributed by atoms with Crippen molar-refractivity contribution in [2.45, 2.75) is 12.1 Å². The van der Waals surface area contributed by atoms with E-state index in [-0.39, 0.29) is 17.6 Å². The zero-order chi connectivity index (χ0) is 27.9. The van der Waals surface area contributed by atoms with Crippen LogP contribution in [0.5, 0.6) is 5.75 Å². The van der Waals surface area contributed by atoms with Crippen LogP contribution in [0.15, 0.2) is 82.4 Å². The lowest BCUT2D eigenvalue weighted by Crippen LogP contribution is -2.48. The lowest BCUT2D eigenvalue weighted by molar-refractivity contribution is -0.113. The molecule has 40 heavy (non-hydrogen) atoms. The molecule has 1 N–H and O–H groups in total. The van der Waals surface area contributed by atoms with Gasteiger partial charge in [0.15, 0.2) is 0 Å². The largest absolute Gasteiger partial charge is 0.494 e. The van der Waals surface area contributed by atoms with E-state index >= 15 is 0 Å². The molecule has 9 nitrogen and oxygen atoms in total. The van der Waals surface area contributed by atoms with Crippen LogP contribution in [0.3, 0.4) is 0 Å². The zero-order valence-electron chi connectivity index (χ0n) is 21.9. The molecule has 3 aromatic carbocycles. The maximum absolute atomic E-state index is 12.7. The van der Waals surface area contributed by atoms with Crippen LogP contribution in [-0.4, -0.2) is 65.5 Å². The summed E-state index contributed by atoms with van der Waals surface area (Å²) < 4.78 is 11.1. The maximum atomic E-state index is 12.7. The molecule has 0 bridgehead atoms. The summed E-state index contributed by atoms with van der Waals surface area (Å²) in [6, 6.07) is 22.1. The van der Waals surface area contributed by atoms with Crippen molar-refractivity contribution in [1.29, 1.82) is 0 Å². The molecule has 206 valence electrons. The van der Waals surface area contributed by atoms with E-state index in [2.05, 4.69) is 20.4 Å². The standard InChI is InChI=1S/C29H28ClN5O4S/c1-2-38-25-13-5-20(6-14-25)27-32-33-29(39-27)40-19-26(36)31-23-9-11-24(12-10-23)34-15-17-35(18-16-34)28(37)21-3-7-22(30)8-4-21/h3-14H,2,15-19H2,1H3,(H,31,36). The summed E-state index contributed by atoms with van der Waals surface area (Å²) in [5.74, 6) is 1.13. The fourth-order valence-electron chi connectivity index (χ4n) is 4.27. The number of amides is 2. The van der Waals surface area contributed by atoms with Crippen molar-refractivity contribution in [3.63, 3.8) is 0 Å². The molecule has 5 rings (SSSR count). The molecule has 0 spiro atoms. The molecule has 1 fully saturated rings. The van der Waals surface area contributed by atoms with Crippen LogP contribution in [0.25, 0.3) is 11.5 Å². The first-order chi connectivity index (χ1) is 19.5. The van der Waals surface area contributed by atoms with E-state index in [0.717, 1.165) is 30.1 Å². The topological polar surface area (TPSA) is 101 Å². The summed E-state index contributed by atoms with van der Waals surface area (Å²) in [5, 5.41) is 11.9. The van der Waals surface area contributed by atoms with Crippen molar-refractivity contribution in [3.05, 3.63) is 83.4 Å². The number of halogens is 1. The number of ether oxygens (including phenoxy) is 1. The predicted molar refractivity (Wildman–Crippen MR) is 156 cm³/mol. The molecule has 11 heteroatoms. The number of carbonyl (C=O) groups excluding carboxylic acids is 2. The van der Waals surface area contributed by atoms with E-state index in [1.165, 1.54) is 11.8 Å². The normalized spacial score (nSPS) is 13.2. The minimum atomic E-state index is -0.173. The van der Waals surface area contributed by atoms with Gasteiger partial charge in [-0.1, -0.05) is 23.4 Å². The number of hydrogen-bond acceptors (Lipinski definition) is 8. The van der Waals surface area contributed by atoms with Crippen LogP contribution in [0, 0.1) is 0 Å². The first kappa shape index (κ1) is 27.5. The van der Waals surface area contributed by atoms with Crippen molar-refractivity contribution in [1.82, 2.24) is 15.1 Å². The minimum absolute atomic E-state index is 0.0140. The van der Waals surface area contributed by atoms with Gasteiger partial charge in [-0.05, 0) is 79.7 Å². The molecule has 0 unspecified atom stereocenters. The molecule has 1 aliphatic rings. The summed E-state index contributed by atoms with van der Waals surface area (Å²) in [6.45, 7) is 5.24. The highest BCUT2D eigenvalue weighted by atomic mass is 35.5. The number of aromatic nitrogens is 2. The van der Waals surface area contributed by atoms with Gasteiger partial charge in [-0.15, -0.1) is 10.2 Å². The molecule has 1 saturated heterocycles. The number of piperazine rings is 1. The first-order valence-corrected chi connectivity index (χ1v) is 14.2. The van der Waals surface area contributed by atoms with Crippen LogP contribution < -0.4 is 15.0 Å². The van der Waals surface area contributed by atoms with E-state index in [0.29, 0.717) is 47.1 Å². The zero-order valence-corrected chi connectivity index (χ0v) is 23.5. The quantitative estimate of drug-likeness (QED) is 0.261. The monoisotopic (exact) mass is 577 g/mol. The van der Waals surface area contributed by atoms with Gasteiger partial charge in [-0.3, -0.25) is 9.59 Å². The van der Waals surface area contributed by atoms with Crippen LogP contribution in [0.1, 0.15) is 17.3 Å². The Balaban J connectivity index is 1.07. The highest BCUT2D eigenvalue weighted by Crippen LogP contribution is 2.26. The highest BCUT2D eigenvalue weighted by molar-refractivity contribution is 7.99. The maximum Gasteiger partial charge on any atom is 0.277 e. The number of nitrogens with zero attached hydrogens (tertiary/aromatic N) is 4. The van der Waals surface area contributed by atoms with Gasteiger partial charge in [-0.2, -0.15) is 0 Å². The lowest BCUT2D eigenvalue weighted by Gasteiger charge is -2.36. The van der Waals surface area contributed by atoms with Crippen molar-refractivity contribution in [3.8, 4) is 17.2 Å². The summed E-state index contributed by atoms with van der Waals surface area (Å²) in [6.07, 6.45) is 0. The molecule has 2 amide bonds. The fraction of sp³-hybridized carbons (Fsp3) is 0.241. The smallest absolute Gasteiger partial charge is 0.277 e. The van der Waals surface area contributed by atoms with Crippen molar-refractivity contribution in [2.24, 2.45) is 0 Å². The summed E-state index contributed by atoms with van der Waals surface area (Å²) in [5.41, 5.74) is 3.16. The van der Waals surface area contributed by atoms with Gasteiger partial charge in [0.1, 0.15) is 5.75 Å². The van der Waals surface area contributed by atoms with Gasteiger partial charge in [0.25, 0.3) is 11.1 Å². The van der Waals surface area contributed by atoms with Gasteiger partial charge in [0, 0.05) is 53.7 Å². The first-order valence-electron chi connectivity index (χ1n) is 12.9. The van der Waals surface area contributed by atoms with E-state index in [1.54, 1.807) is 24.3 Å². The van der Waals surface area contributed by atoms with Crippen molar-refractivity contribution >= 4 is 46.6 Å². The Kier molecular flexibility index (Phi) is 8.87. The average Bonchev–Trinajstić information content (AvgIpc) is 3.46. The van der Waals surface area contributed by atoms with Gasteiger partial charge < -0.3 is 24.3 Å². The lowest BCUT2D eigenvalue weighted by atomic mass is 10.1. The Morgan fingerprint density at radius 2 is 1.65 bits per heavy atom. The molecule has 0 atom stereocenters. The second-order valence-electron chi connectivity index (χ2n) is 9.00. The molecule has 2 heterocycles. The number of anilines is 2. The molecule has 0 aliphatic carbocycles. The Morgan fingerprint density at radius 1 is 0.950 bits per heavy atom. The van der Waals surface area contributed by atoms with E-state index < -0.39 is 0 Å². The van der Waals surface area contributed by atoms with Crippen LogP contribution in [0.4, 0.5) is 11.4 Å². The molecule has 1 aromatic heterocycles. The fourth-order valence-corrected chi connectivity index (χ4v) is 4.96. The van der Waals surface area contributed by atoms with Crippen LogP contribution in [-0.2, 0) is 4.79 Å². The summed E-state index contributed by atoms with van der Waals surface area (Å²) >= 11 is 7.11. The number of thioether (sulfide) groups is 1. The Hall–Kier alpha value is -4.02. The predicted octanol–water partition coefficient (Wildman–Crippen LogP) is 5.48. The van der Waals surface area contributed by atoms with Crippen molar-refractivity contribution in [2.75, 3.05) is 48.8 Å². The van der Waals surface area contributed by atoms with E-state index in [4.69, 9.17) is 20.8 Å². The van der Waals surface area contributed by atoms with E-state index in [9.17, 15) is 9.59 Å². The Labute approximate surface area is 241 Å². The number of hydrogen-bond donors (Lipinski definition) is 1. The molecule has 0 saturated carbocycles. The van der Waals surface area contributed by atoms with Crippen LogP contribution >= 0.6 is 23.4 Å². The third-order valence-corrected chi connectivity index (χ3v) is 7.39. The Morgan fingerprint density at radius 3 is 2.33 bits per heavy atom. The van der Waals surface area contributed by atoms with Crippen molar-refractivity contribution < 1.29 is 18.7 Å². The second kappa shape index (κ2) is 12.9. The molecule has 4 aromatic rings. The molecule has 1 aliphatic heterocycles.